The molecule has 2 unspecified atom stereocenters. The van der Waals surface area contributed by atoms with Crippen molar-refractivity contribution in [3.05, 3.63) is 35.4 Å². The van der Waals surface area contributed by atoms with E-state index in [1.807, 2.05) is 0 Å². The molecule has 0 spiro atoms. The van der Waals surface area contributed by atoms with E-state index in [0.29, 0.717) is 5.92 Å². The molecule has 0 saturated carbocycles. The van der Waals surface area contributed by atoms with Crippen LogP contribution in [0.15, 0.2) is 24.3 Å². The van der Waals surface area contributed by atoms with Crippen LogP contribution in [-0.4, -0.2) is 23.8 Å². The van der Waals surface area contributed by atoms with E-state index in [-0.39, 0.29) is 0 Å². The molecular formula is C15H21NO. The molecule has 2 heteroatoms. The molecule has 1 aromatic rings. The lowest BCUT2D eigenvalue weighted by molar-refractivity contribution is 0.0429. The van der Waals surface area contributed by atoms with Gasteiger partial charge in [0.1, 0.15) is 0 Å². The highest BCUT2D eigenvalue weighted by molar-refractivity contribution is 5.33. The fraction of sp³-hybridized carbons (Fsp3) is 0.600. The minimum atomic E-state index is -0.463. The highest BCUT2D eigenvalue weighted by Gasteiger charge is 2.35. The Bertz CT molecular complexity index is 396. The fourth-order valence-corrected chi connectivity index (χ4v) is 3.43. The lowest BCUT2D eigenvalue weighted by Crippen LogP contribution is -2.34. The van der Waals surface area contributed by atoms with Crippen molar-refractivity contribution in [1.29, 1.82) is 0 Å². The summed E-state index contributed by atoms with van der Waals surface area (Å²) in [7, 11) is 0. The molecule has 2 aliphatic rings. The van der Waals surface area contributed by atoms with Gasteiger partial charge in [0, 0.05) is 6.54 Å². The van der Waals surface area contributed by atoms with Crippen LogP contribution in [0.2, 0.25) is 0 Å². The zero-order valence-electron chi connectivity index (χ0n) is 10.3. The van der Waals surface area contributed by atoms with E-state index in [1.54, 1.807) is 0 Å². The van der Waals surface area contributed by atoms with Crippen LogP contribution < -0.4 is 5.32 Å². The van der Waals surface area contributed by atoms with Crippen LogP contribution in [0.25, 0.3) is 0 Å². The normalized spacial score (nSPS) is 32.4. The minimum Gasteiger partial charge on any atom is -0.388 e. The molecule has 1 heterocycles. The Morgan fingerprint density at radius 1 is 1.35 bits per heavy atom. The summed E-state index contributed by atoms with van der Waals surface area (Å²) in [6, 6.07) is 8.77. The summed E-state index contributed by atoms with van der Waals surface area (Å²) in [6.07, 6.45) is 5.55. The molecule has 1 fully saturated rings. The maximum Gasteiger partial charge on any atom is 0.0789 e. The van der Waals surface area contributed by atoms with Gasteiger partial charge in [-0.2, -0.15) is 0 Å². The van der Waals surface area contributed by atoms with Crippen LogP contribution in [0.5, 0.6) is 0 Å². The van der Waals surface area contributed by atoms with Crippen molar-refractivity contribution in [2.75, 3.05) is 13.1 Å². The Morgan fingerprint density at radius 2 is 2.24 bits per heavy atom. The van der Waals surface area contributed by atoms with Crippen LogP contribution in [0.3, 0.4) is 0 Å². The van der Waals surface area contributed by atoms with Crippen LogP contribution in [0.1, 0.15) is 42.7 Å². The highest BCUT2D eigenvalue weighted by atomic mass is 16.3. The minimum absolute atomic E-state index is 0.463. The van der Waals surface area contributed by atoms with E-state index in [1.165, 1.54) is 30.4 Å². The number of fused-ring (bicyclic) bond motifs is 1. The van der Waals surface area contributed by atoms with Gasteiger partial charge in [0.05, 0.1) is 5.60 Å². The third-order valence-electron chi connectivity index (χ3n) is 4.34. The number of β-amino-alcohol motifs (C(OH)–C–C–N with tert-alkyl or cyclic N) is 1. The molecule has 1 aromatic carbocycles. The van der Waals surface area contributed by atoms with Gasteiger partial charge in [-0.25, -0.2) is 0 Å². The predicted octanol–water partition coefficient (Wildman–Crippen LogP) is 2.22. The fourth-order valence-electron chi connectivity index (χ4n) is 3.43. The largest absolute Gasteiger partial charge is 0.388 e. The molecule has 2 N–H and O–H groups in total. The Labute approximate surface area is 103 Å². The number of aliphatic hydroxyl groups is 1. The number of aryl methyl sites for hydroxylation is 1. The van der Waals surface area contributed by atoms with Crippen LogP contribution in [0.4, 0.5) is 0 Å². The topological polar surface area (TPSA) is 32.3 Å². The monoisotopic (exact) mass is 231 g/mol. The molecule has 3 rings (SSSR count). The van der Waals surface area contributed by atoms with Gasteiger partial charge in [0.2, 0.25) is 0 Å². The van der Waals surface area contributed by atoms with E-state index in [9.17, 15) is 5.11 Å². The van der Waals surface area contributed by atoms with Gasteiger partial charge in [0.25, 0.3) is 0 Å². The molecule has 92 valence electrons. The van der Waals surface area contributed by atoms with Crippen LogP contribution >= 0.6 is 0 Å². The molecule has 0 amide bonds. The molecule has 0 bridgehead atoms. The van der Waals surface area contributed by atoms with Crippen LogP contribution in [-0.2, 0) is 6.42 Å². The summed E-state index contributed by atoms with van der Waals surface area (Å²) in [4.78, 5) is 0. The predicted molar refractivity (Wildman–Crippen MR) is 69.2 cm³/mol. The quantitative estimate of drug-likeness (QED) is 0.818. The van der Waals surface area contributed by atoms with Crippen molar-refractivity contribution in [1.82, 2.24) is 5.32 Å². The van der Waals surface area contributed by atoms with Crippen molar-refractivity contribution in [3.63, 3.8) is 0 Å². The number of benzene rings is 1. The second-order valence-corrected chi connectivity index (χ2v) is 5.64. The van der Waals surface area contributed by atoms with Gasteiger partial charge in [-0.05, 0) is 55.7 Å². The van der Waals surface area contributed by atoms with E-state index in [4.69, 9.17) is 0 Å². The summed E-state index contributed by atoms with van der Waals surface area (Å²) in [6.45, 7) is 1.73. The number of rotatable bonds is 2. The third kappa shape index (κ3) is 2.24. The van der Waals surface area contributed by atoms with Crippen LogP contribution in [0, 0.1) is 0 Å². The number of hydrogen-bond donors (Lipinski definition) is 2. The maximum absolute atomic E-state index is 10.5. The molecule has 2 nitrogen and oxygen atoms in total. The summed E-state index contributed by atoms with van der Waals surface area (Å²) in [5, 5.41) is 13.8. The number of nitrogens with one attached hydrogen (secondary N) is 1. The van der Waals surface area contributed by atoms with Crippen molar-refractivity contribution in [3.8, 4) is 0 Å². The van der Waals surface area contributed by atoms with Gasteiger partial charge < -0.3 is 10.4 Å². The first-order chi connectivity index (χ1) is 8.27. The molecular weight excluding hydrogens is 210 g/mol. The molecule has 0 aromatic heterocycles. The zero-order chi connectivity index (χ0) is 11.7. The Morgan fingerprint density at radius 3 is 3.06 bits per heavy atom. The standard InChI is InChI=1S/C15H21NO/c17-15(8-9-16-11-15)10-13-6-3-5-12-4-1-2-7-14(12)13/h1-2,4,7,13,16-17H,3,5-6,8-11H2. The van der Waals surface area contributed by atoms with Gasteiger partial charge in [-0.1, -0.05) is 24.3 Å². The summed E-state index contributed by atoms with van der Waals surface area (Å²) in [5.74, 6) is 0.560. The molecule has 1 aliphatic carbocycles. The summed E-state index contributed by atoms with van der Waals surface area (Å²) in [5.41, 5.74) is 2.52. The second-order valence-electron chi connectivity index (χ2n) is 5.64. The van der Waals surface area contributed by atoms with Gasteiger partial charge in [-0.3, -0.25) is 0 Å². The molecule has 17 heavy (non-hydrogen) atoms. The first-order valence-corrected chi connectivity index (χ1v) is 6.78. The van der Waals surface area contributed by atoms with E-state index < -0.39 is 5.60 Å². The van der Waals surface area contributed by atoms with Crippen molar-refractivity contribution in [2.24, 2.45) is 0 Å². The summed E-state index contributed by atoms with van der Waals surface area (Å²) < 4.78 is 0. The second kappa shape index (κ2) is 4.43. The van der Waals surface area contributed by atoms with Gasteiger partial charge >= 0.3 is 0 Å². The Hall–Kier alpha value is -0.860. The first-order valence-electron chi connectivity index (χ1n) is 6.78. The Kier molecular flexibility index (Phi) is 2.93. The SMILES string of the molecule is OC1(CC2CCCc3ccccc32)CCNC1. The van der Waals surface area contributed by atoms with E-state index in [0.717, 1.165) is 25.9 Å². The average molecular weight is 231 g/mol. The lowest BCUT2D eigenvalue weighted by atomic mass is 9.76. The van der Waals surface area contributed by atoms with E-state index in [2.05, 4.69) is 29.6 Å². The maximum atomic E-state index is 10.5. The zero-order valence-corrected chi connectivity index (χ0v) is 10.3. The van der Waals surface area contributed by atoms with Crippen molar-refractivity contribution >= 4 is 0 Å². The lowest BCUT2D eigenvalue weighted by Gasteiger charge is -2.31. The molecule has 2 atom stereocenters. The van der Waals surface area contributed by atoms with Crippen molar-refractivity contribution < 1.29 is 5.11 Å². The number of hydrogen-bond acceptors (Lipinski definition) is 2. The molecule has 1 saturated heterocycles. The third-order valence-corrected chi connectivity index (χ3v) is 4.34. The average Bonchev–Trinajstić information content (AvgIpc) is 2.76. The smallest absolute Gasteiger partial charge is 0.0789 e. The molecule has 1 aliphatic heterocycles. The first kappa shape index (κ1) is 11.2. The highest BCUT2D eigenvalue weighted by Crippen LogP contribution is 2.38. The molecule has 0 radical (unpaired) electrons. The van der Waals surface area contributed by atoms with E-state index >= 15 is 0 Å². The Balaban J connectivity index is 1.81. The van der Waals surface area contributed by atoms with Crippen molar-refractivity contribution in [2.45, 2.75) is 43.6 Å². The van der Waals surface area contributed by atoms with Gasteiger partial charge in [0.15, 0.2) is 0 Å². The van der Waals surface area contributed by atoms with Gasteiger partial charge in [-0.15, -0.1) is 0 Å². The summed E-state index contributed by atoms with van der Waals surface area (Å²) >= 11 is 0.